The molecule has 1 N–H and O–H groups in total. The van der Waals surface area contributed by atoms with Gasteiger partial charge in [-0.25, -0.2) is 4.79 Å². The van der Waals surface area contributed by atoms with Crippen molar-refractivity contribution in [1.29, 1.82) is 0 Å². The van der Waals surface area contributed by atoms with E-state index >= 15 is 0 Å². The summed E-state index contributed by atoms with van der Waals surface area (Å²) in [5.41, 5.74) is 1.17. The molecule has 0 aliphatic heterocycles. The molecule has 7 heteroatoms. The number of nitrogens with one attached hydrogen (secondary N) is 1. The van der Waals surface area contributed by atoms with E-state index in [4.69, 9.17) is 14.2 Å². The van der Waals surface area contributed by atoms with E-state index in [-0.39, 0.29) is 12.2 Å². The molecule has 0 saturated carbocycles. The van der Waals surface area contributed by atoms with Crippen molar-refractivity contribution >= 4 is 17.8 Å². The topological polar surface area (TPSA) is 90.9 Å². The fourth-order valence-corrected chi connectivity index (χ4v) is 2.32. The van der Waals surface area contributed by atoms with Crippen molar-refractivity contribution in [2.75, 3.05) is 20.3 Å². The van der Waals surface area contributed by atoms with Crippen molar-refractivity contribution in [3.8, 4) is 11.5 Å². The van der Waals surface area contributed by atoms with Gasteiger partial charge in [-0.3, -0.25) is 14.9 Å². The predicted octanol–water partition coefficient (Wildman–Crippen LogP) is 2.14. The molecule has 0 heterocycles. The van der Waals surface area contributed by atoms with Crippen LogP contribution < -0.4 is 14.8 Å². The molecule has 27 heavy (non-hydrogen) atoms. The normalized spacial score (nSPS) is 10.0. The van der Waals surface area contributed by atoms with Gasteiger partial charge in [0.05, 0.1) is 12.7 Å². The van der Waals surface area contributed by atoms with E-state index in [1.165, 1.54) is 13.2 Å². The van der Waals surface area contributed by atoms with Crippen LogP contribution >= 0.6 is 0 Å². The number of benzene rings is 2. The van der Waals surface area contributed by atoms with Gasteiger partial charge in [0.2, 0.25) is 0 Å². The van der Waals surface area contributed by atoms with Crippen LogP contribution in [0.5, 0.6) is 11.5 Å². The molecule has 0 spiro atoms. The molecule has 0 aliphatic rings. The average molecular weight is 371 g/mol. The van der Waals surface area contributed by atoms with Crippen molar-refractivity contribution in [2.24, 2.45) is 0 Å². The number of imide groups is 1. The molecule has 0 bridgehead atoms. The Morgan fingerprint density at radius 3 is 2.30 bits per heavy atom. The fourth-order valence-electron chi connectivity index (χ4n) is 2.32. The Bertz CT molecular complexity index is 818. The van der Waals surface area contributed by atoms with E-state index in [1.807, 2.05) is 19.1 Å². The molecule has 7 nitrogen and oxygen atoms in total. The molecule has 2 rings (SSSR count). The van der Waals surface area contributed by atoms with E-state index in [9.17, 15) is 14.4 Å². The number of esters is 1. The number of amides is 2. The summed E-state index contributed by atoms with van der Waals surface area (Å²) < 4.78 is 15.3. The molecule has 2 aromatic rings. The van der Waals surface area contributed by atoms with E-state index in [0.29, 0.717) is 11.5 Å². The van der Waals surface area contributed by atoms with Crippen molar-refractivity contribution < 1.29 is 28.6 Å². The first-order valence-electron chi connectivity index (χ1n) is 8.38. The largest absolute Gasteiger partial charge is 0.496 e. The summed E-state index contributed by atoms with van der Waals surface area (Å²) in [6.45, 7) is 1.06. The van der Waals surface area contributed by atoms with Gasteiger partial charge in [0.25, 0.3) is 11.8 Å². The number of aryl methyl sites for hydroxylation is 1. The second-order valence-electron chi connectivity index (χ2n) is 5.49. The minimum absolute atomic E-state index is 0.208. The van der Waals surface area contributed by atoms with Crippen molar-refractivity contribution in [1.82, 2.24) is 5.32 Å². The second kappa shape index (κ2) is 9.96. The third-order valence-corrected chi connectivity index (χ3v) is 3.67. The lowest BCUT2D eigenvalue weighted by atomic mass is 10.1. The monoisotopic (exact) mass is 371 g/mol. The molecule has 0 aromatic heterocycles. The smallest absolute Gasteiger partial charge is 0.344 e. The summed E-state index contributed by atoms with van der Waals surface area (Å²) in [5.74, 6) is -1.16. The third kappa shape index (κ3) is 5.85. The lowest BCUT2D eigenvalue weighted by molar-refractivity contribution is -0.150. The van der Waals surface area contributed by atoms with Gasteiger partial charge in [-0.2, -0.15) is 0 Å². The highest BCUT2D eigenvalue weighted by Crippen LogP contribution is 2.18. The van der Waals surface area contributed by atoms with Crippen LogP contribution in [-0.4, -0.2) is 38.1 Å². The summed E-state index contributed by atoms with van der Waals surface area (Å²) in [5, 5.41) is 2.14. The van der Waals surface area contributed by atoms with Crippen molar-refractivity contribution in [3.63, 3.8) is 0 Å². The Balaban J connectivity index is 1.79. The Hall–Kier alpha value is -3.35. The fraction of sp³-hybridized carbons (Fsp3) is 0.250. The van der Waals surface area contributed by atoms with Gasteiger partial charge < -0.3 is 14.2 Å². The molecule has 2 amide bonds. The number of para-hydroxylation sites is 2. The lowest BCUT2D eigenvalue weighted by Crippen LogP contribution is -2.34. The van der Waals surface area contributed by atoms with E-state index in [1.54, 1.807) is 30.3 Å². The zero-order valence-corrected chi connectivity index (χ0v) is 15.2. The number of carbonyl (C=O) groups is 3. The van der Waals surface area contributed by atoms with Crippen molar-refractivity contribution in [3.05, 3.63) is 59.7 Å². The zero-order valence-electron chi connectivity index (χ0n) is 15.2. The van der Waals surface area contributed by atoms with Crippen LogP contribution in [0.25, 0.3) is 0 Å². The summed E-state index contributed by atoms with van der Waals surface area (Å²) in [7, 11) is 1.42. The van der Waals surface area contributed by atoms with Crippen LogP contribution in [0.3, 0.4) is 0 Å². The van der Waals surface area contributed by atoms with Gasteiger partial charge in [0.1, 0.15) is 11.5 Å². The molecule has 0 saturated heterocycles. The SMILES string of the molecule is CCc1ccccc1OCC(=O)OCC(=O)NC(=O)c1ccccc1OC. The van der Waals surface area contributed by atoms with Gasteiger partial charge in [-0.1, -0.05) is 37.3 Å². The third-order valence-electron chi connectivity index (χ3n) is 3.67. The maximum atomic E-state index is 12.1. The summed E-state index contributed by atoms with van der Waals surface area (Å²) in [6.07, 6.45) is 0.763. The summed E-state index contributed by atoms with van der Waals surface area (Å²) >= 11 is 0. The first-order chi connectivity index (χ1) is 13.0. The molecule has 0 atom stereocenters. The number of hydrogen-bond acceptors (Lipinski definition) is 6. The Labute approximate surface area is 157 Å². The van der Waals surface area contributed by atoms with E-state index in [2.05, 4.69) is 5.32 Å². The van der Waals surface area contributed by atoms with Gasteiger partial charge >= 0.3 is 5.97 Å². The highest BCUT2D eigenvalue weighted by molar-refractivity contribution is 6.06. The Morgan fingerprint density at radius 1 is 0.926 bits per heavy atom. The predicted molar refractivity (Wildman–Crippen MR) is 97.7 cm³/mol. The van der Waals surface area contributed by atoms with Gasteiger partial charge in [-0.15, -0.1) is 0 Å². The summed E-state index contributed by atoms with van der Waals surface area (Å²) in [6, 6.07) is 13.8. The number of ether oxygens (including phenoxy) is 3. The van der Waals surface area contributed by atoms with Crippen LogP contribution in [0, 0.1) is 0 Å². The van der Waals surface area contributed by atoms with Gasteiger partial charge in [0, 0.05) is 0 Å². The minimum Gasteiger partial charge on any atom is -0.496 e. The Kier molecular flexibility index (Phi) is 7.37. The van der Waals surface area contributed by atoms with Gasteiger partial charge in [0.15, 0.2) is 13.2 Å². The molecule has 2 aromatic carbocycles. The first kappa shape index (κ1) is 20.0. The minimum atomic E-state index is -0.742. The lowest BCUT2D eigenvalue weighted by Gasteiger charge is -2.10. The van der Waals surface area contributed by atoms with Crippen LogP contribution in [0.15, 0.2) is 48.5 Å². The second-order valence-corrected chi connectivity index (χ2v) is 5.49. The highest BCUT2D eigenvalue weighted by atomic mass is 16.6. The molecule has 0 fully saturated rings. The van der Waals surface area contributed by atoms with E-state index < -0.39 is 24.4 Å². The molecule has 142 valence electrons. The van der Waals surface area contributed by atoms with Crippen LogP contribution in [-0.2, 0) is 20.7 Å². The first-order valence-corrected chi connectivity index (χ1v) is 8.38. The number of rotatable bonds is 8. The zero-order chi connectivity index (χ0) is 19.6. The molecular weight excluding hydrogens is 350 g/mol. The standard InChI is InChI=1S/C20H21NO6/c1-3-14-8-4-6-10-16(14)26-13-19(23)27-12-18(22)21-20(24)15-9-5-7-11-17(15)25-2/h4-11H,3,12-13H2,1-2H3,(H,21,22,24). The summed E-state index contributed by atoms with van der Waals surface area (Å²) in [4.78, 5) is 35.6. The number of carbonyl (C=O) groups excluding carboxylic acids is 3. The van der Waals surface area contributed by atoms with Crippen LogP contribution in [0.4, 0.5) is 0 Å². The maximum Gasteiger partial charge on any atom is 0.344 e. The van der Waals surface area contributed by atoms with Crippen molar-refractivity contribution in [2.45, 2.75) is 13.3 Å². The van der Waals surface area contributed by atoms with Gasteiger partial charge in [-0.05, 0) is 30.2 Å². The number of hydrogen-bond donors (Lipinski definition) is 1. The Morgan fingerprint density at radius 2 is 1.59 bits per heavy atom. The number of methoxy groups -OCH3 is 1. The van der Waals surface area contributed by atoms with Crippen LogP contribution in [0.2, 0.25) is 0 Å². The quantitative estimate of drug-likeness (QED) is 0.715. The molecule has 0 radical (unpaired) electrons. The maximum absolute atomic E-state index is 12.1. The molecule has 0 unspecified atom stereocenters. The average Bonchev–Trinajstić information content (AvgIpc) is 2.70. The van der Waals surface area contributed by atoms with Crippen LogP contribution in [0.1, 0.15) is 22.8 Å². The molecular formula is C20H21NO6. The molecule has 0 aliphatic carbocycles. The van der Waals surface area contributed by atoms with E-state index in [0.717, 1.165) is 12.0 Å². The highest BCUT2D eigenvalue weighted by Gasteiger charge is 2.16.